The minimum Gasteiger partial charge on any atom is -0.493 e. The van der Waals surface area contributed by atoms with Gasteiger partial charge < -0.3 is 14.8 Å². The Morgan fingerprint density at radius 3 is 2.65 bits per heavy atom. The van der Waals surface area contributed by atoms with Gasteiger partial charge in [-0.2, -0.15) is 9.78 Å². The lowest BCUT2D eigenvalue weighted by molar-refractivity contribution is -0.385. The van der Waals surface area contributed by atoms with Crippen LogP contribution in [-0.2, 0) is 12.8 Å². The molecule has 190 valence electrons. The number of aromatic amines is 1. The van der Waals surface area contributed by atoms with Crippen molar-refractivity contribution in [2.24, 2.45) is 0 Å². The van der Waals surface area contributed by atoms with Crippen LogP contribution >= 0.6 is 11.3 Å². The van der Waals surface area contributed by atoms with Crippen LogP contribution in [0.15, 0.2) is 40.5 Å². The number of fused-ring (bicyclic) bond motifs is 1. The highest BCUT2D eigenvalue weighted by Crippen LogP contribution is 2.35. The summed E-state index contributed by atoms with van der Waals surface area (Å²) in [6, 6.07) is 7.72. The Bertz CT molecular complexity index is 1560. The molecule has 3 heterocycles. The summed E-state index contributed by atoms with van der Waals surface area (Å²) < 4.78 is 11.7. The van der Waals surface area contributed by atoms with Gasteiger partial charge in [-0.05, 0) is 37.1 Å². The maximum Gasteiger partial charge on any atom is 0.286 e. The molecule has 1 amide bonds. The zero-order valence-corrected chi connectivity index (χ0v) is 20.8. The molecular formula is C24H22N6O6S. The van der Waals surface area contributed by atoms with E-state index in [0.29, 0.717) is 29.8 Å². The number of thiophene rings is 1. The molecule has 5 rings (SSSR count). The van der Waals surface area contributed by atoms with Crippen molar-refractivity contribution < 1.29 is 19.2 Å². The number of aryl methyl sites for hydroxylation is 1. The summed E-state index contributed by atoms with van der Waals surface area (Å²) in [4.78, 5) is 45.4. The monoisotopic (exact) mass is 522 g/mol. The Hall–Kier alpha value is -4.52. The standard InChI is InChI=1S/C24H22N6O6S/c1-35-18-10-14(17(30(33)34)12-19(18)36-2)23(32)26-21-11-16(20-8-5-9-37-20)28-29(21)24-25-15-7-4-3-6-13(15)22(31)27-24/h5,8-12H,3-4,6-7H2,1-2H3,(H,26,32)(H,25,27,31). The first kappa shape index (κ1) is 24.2. The molecule has 1 aliphatic rings. The molecule has 13 heteroatoms. The van der Waals surface area contributed by atoms with E-state index < -0.39 is 16.5 Å². The fraction of sp³-hybridized carbons (Fsp3) is 0.250. The molecule has 0 atom stereocenters. The third kappa shape index (κ3) is 4.56. The van der Waals surface area contributed by atoms with Crippen molar-refractivity contribution >= 4 is 28.7 Å². The number of nitro groups is 1. The summed E-state index contributed by atoms with van der Waals surface area (Å²) in [5, 5.41) is 20.9. The first-order chi connectivity index (χ1) is 17.9. The number of benzene rings is 1. The number of ether oxygens (including phenoxy) is 2. The summed E-state index contributed by atoms with van der Waals surface area (Å²) >= 11 is 1.45. The number of rotatable bonds is 7. The van der Waals surface area contributed by atoms with Gasteiger partial charge in [-0.15, -0.1) is 11.3 Å². The van der Waals surface area contributed by atoms with E-state index in [4.69, 9.17) is 9.47 Å². The molecule has 0 saturated heterocycles. The predicted octanol–water partition coefficient (Wildman–Crippen LogP) is 3.74. The minimum absolute atomic E-state index is 0.117. The first-order valence-corrected chi connectivity index (χ1v) is 12.3. The maximum atomic E-state index is 13.3. The van der Waals surface area contributed by atoms with Gasteiger partial charge in [0.1, 0.15) is 17.1 Å². The van der Waals surface area contributed by atoms with Gasteiger partial charge in [-0.25, -0.2) is 4.98 Å². The molecular weight excluding hydrogens is 500 g/mol. The van der Waals surface area contributed by atoms with E-state index in [9.17, 15) is 19.7 Å². The smallest absolute Gasteiger partial charge is 0.286 e. The first-order valence-electron chi connectivity index (χ1n) is 11.4. The van der Waals surface area contributed by atoms with Crippen molar-refractivity contribution in [3.05, 3.63) is 73.0 Å². The van der Waals surface area contributed by atoms with Crippen LogP contribution in [0.5, 0.6) is 11.5 Å². The van der Waals surface area contributed by atoms with E-state index >= 15 is 0 Å². The number of nitrogens with one attached hydrogen (secondary N) is 2. The molecule has 0 bridgehead atoms. The Kier molecular flexibility index (Phi) is 6.44. The van der Waals surface area contributed by atoms with Crippen molar-refractivity contribution in [3.63, 3.8) is 0 Å². The maximum absolute atomic E-state index is 13.3. The van der Waals surface area contributed by atoms with Crippen LogP contribution < -0.4 is 20.3 Å². The second-order valence-corrected chi connectivity index (χ2v) is 9.21. The number of anilines is 1. The van der Waals surface area contributed by atoms with Gasteiger partial charge in [0.05, 0.1) is 35.8 Å². The SMILES string of the molecule is COc1cc(C(=O)Nc2cc(-c3cccs3)nn2-c2nc3c(c(=O)[nH]2)CCCC3)c([N+](=O)[O-])cc1OC. The summed E-state index contributed by atoms with van der Waals surface area (Å²) in [6.07, 6.45) is 3.18. The second-order valence-electron chi connectivity index (χ2n) is 8.26. The molecule has 12 nitrogen and oxygen atoms in total. The van der Waals surface area contributed by atoms with Crippen molar-refractivity contribution in [1.29, 1.82) is 0 Å². The lowest BCUT2D eigenvalue weighted by atomic mass is 9.97. The molecule has 0 saturated carbocycles. The number of aromatic nitrogens is 4. The van der Waals surface area contributed by atoms with E-state index in [0.717, 1.165) is 23.8 Å². The summed E-state index contributed by atoms with van der Waals surface area (Å²) in [5.74, 6) is -0.174. The van der Waals surface area contributed by atoms with Gasteiger partial charge in [0.15, 0.2) is 11.5 Å². The average Bonchev–Trinajstić information content (AvgIpc) is 3.58. The van der Waals surface area contributed by atoms with Crippen LogP contribution in [-0.4, -0.2) is 44.8 Å². The topological polar surface area (TPSA) is 154 Å². The van der Waals surface area contributed by atoms with Crippen molar-refractivity contribution in [3.8, 4) is 28.0 Å². The lowest BCUT2D eigenvalue weighted by Crippen LogP contribution is -2.25. The van der Waals surface area contributed by atoms with E-state index in [1.165, 1.54) is 36.3 Å². The van der Waals surface area contributed by atoms with E-state index in [-0.39, 0.29) is 34.4 Å². The predicted molar refractivity (Wildman–Crippen MR) is 136 cm³/mol. The number of H-pyrrole nitrogens is 1. The zero-order valence-electron chi connectivity index (χ0n) is 19.9. The molecule has 0 aliphatic heterocycles. The number of carbonyl (C=O) groups is 1. The number of methoxy groups -OCH3 is 2. The van der Waals surface area contributed by atoms with Crippen LogP contribution in [0.25, 0.3) is 16.5 Å². The normalized spacial score (nSPS) is 12.6. The highest BCUT2D eigenvalue weighted by molar-refractivity contribution is 7.13. The summed E-state index contributed by atoms with van der Waals surface area (Å²) in [5.41, 5.74) is 0.950. The number of nitro benzene ring substituents is 1. The van der Waals surface area contributed by atoms with E-state index in [1.54, 1.807) is 6.07 Å². The van der Waals surface area contributed by atoms with Crippen LogP contribution in [0, 0.1) is 10.1 Å². The Morgan fingerprint density at radius 1 is 1.19 bits per heavy atom. The van der Waals surface area contributed by atoms with Crippen LogP contribution in [0.1, 0.15) is 34.5 Å². The molecule has 37 heavy (non-hydrogen) atoms. The van der Waals surface area contributed by atoms with Gasteiger partial charge in [-0.1, -0.05) is 6.07 Å². The molecule has 1 aliphatic carbocycles. The Morgan fingerprint density at radius 2 is 1.95 bits per heavy atom. The number of hydrogen-bond acceptors (Lipinski definition) is 9. The number of nitrogens with zero attached hydrogens (tertiary/aromatic N) is 4. The van der Waals surface area contributed by atoms with Crippen molar-refractivity contribution in [2.45, 2.75) is 25.7 Å². The van der Waals surface area contributed by atoms with Gasteiger partial charge in [0, 0.05) is 17.7 Å². The van der Waals surface area contributed by atoms with Gasteiger partial charge in [0.2, 0.25) is 5.95 Å². The molecule has 4 aromatic rings. The molecule has 0 unspecified atom stereocenters. The number of amides is 1. The molecule has 0 spiro atoms. The third-order valence-corrected chi connectivity index (χ3v) is 6.94. The highest BCUT2D eigenvalue weighted by Gasteiger charge is 2.27. The molecule has 0 fully saturated rings. The minimum atomic E-state index is -0.771. The van der Waals surface area contributed by atoms with Gasteiger partial charge in [-0.3, -0.25) is 24.7 Å². The fourth-order valence-corrected chi connectivity index (χ4v) is 4.93. The molecule has 1 aromatic carbocycles. The average molecular weight is 523 g/mol. The second kappa shape index (κ2) is 9.85. The number of carbonyl (C=O) groups excluding carboxylic acids is 1. The van der Waals surface area contributed by atoms with Gasteiger partial charge in [0.25, 0.3) is 17.2 Å². The number of hydrogen-bond donors (Lipinski definition) is 2. The zero-order chi connectivity index (χ0) is 26.1. The lowest BCUT2D eigenvalue weighted by Gasteiger charge is -2.15. The fourth-order valence-electron chi connectivity index (χ4n) is 4.25. The van der Waals surface area contributed by atoms with Crippen LogP contribution in [0.2, 0.25) is 0 Å². The van der Waals surface area contributed by atoms with E-state index in [1.807, 2.05) is 17.5 Å². The summed E-state index contributed by atoms with van der Waals surface area (Å²) in [6.45, 7) is 0. The third-order valence-electron chi connectivity index (χ3n) is 6.05. The highest BCUT2D eigenvalue weighted by atomic mass is 32.1. The largest absolute Gasteiger partial charge is 0.493 e. The molecule has 0 radical (unpaired) electrons. The van der Waals surface area contributed by atoms with Crippen LogP contribution in [0.3, 0.4) is 0 Å². The Balaban J connectivity index is 1.60. The Labute approximate surface area is 214 Å². The van der Waals surface area contributed by atoms with Crippen molar-refractivity contribution in [1.82, 2.24) is 19.7 Å². The summed E-state index contributed by atoms with van der Waals surface area (Å²) in [7, 11) is 2.71. The molecule has 2 N–H and O–H groups in total. The quantitative estimate of drug-likeness (QED) is 0.275. The van der Waals surface area contributed by atoms with Crippen LogP contribution in [0.4, 0.5) is 11.5 Å². The van der Waals surface area contributed by atoms with E-state index in [2.05, 4.69) is 20.4 Å². The van der Waals surface area contributed by atoms with Crippen molar-refractivity contribution in [2.75, 3.05) is 19.5 Å². The van der Waals surface area contributed by atoms with Gasteiger partial charge >= 0.3 is 0 Å². The molecule has 3 aromatic heterocycles.